The Morgan fingerprint density at radius 2 is 1.64 bits per heavy atom. The smallest absolute Gasteiger partial charge is 0.0690 e. The van der Waals surface area contributed by atoms with Crippen LogP contribution in [0.4, 0.5) is 0 Å². The Labute approximate surface area is 89.3 Å². The predicted molar refractivity (Wildman–Crippen MR) is 62.4 cm³/mol. The molecule has 2 nitrogen and oxygen atoms in total. The summed E-state index contributed by atoms with van der Waals surface area (Å²) in [5.41, 5.74) is 0.260. The van der Waals surface area contributed by atoms with Gasteiger partial charge in [-0.05, 0) is 32.7 Å². The molecule has 3 atom stereocenters. The summed E-state index contributed by atoms with van der Waals surface area (Å²) >= 11 is 0. The van der Waals surface area contributed by atoms with Crippen LogP contribution in [0.25, 0.3) is 0 Å². The van der Waals surface area contributed by atoms with Crippen LogP contribution < -0.4 is 0 Å². The second kappa shape index (κ2) is 5.13. The minimum atomic E-state index is -0.218. The summed E-state index contributed by atoms with van der Waals surface area (Å²) in [6.45, 7) is 13.0. The molecular weight excluding hydrogens is 174 g/mol. The molecule has 0 aromatic rings. The topological polar surface area (TPSA) is 23.5 Å². The zero-order valence-electron chi connectivity index (χ0n) is 10.8. The fourth-order valence-corrected chi connectivity index (χ4v) is 1.58. The second-order valence-corrected chi connectivity index (χ2v) is 5.42. The first-order valence-corrected chi connectivity index (χ1v) is 5.61. The largest absolute Gasteiger partial charge is 0.392 e. The molecule has 0 saturated heterocycles. The molecule has 86 valence electrons. The van der Waals surface area contributed by atoms with Crippen molar-refractivity contribution in [3.63, 3.8) is 0 Å². The summed E-state index contributed by atoms with van der Waals surface area (Å²) in [6.07, 6.45) is 0.604. The molecule has 0 aromatic carbocycles. The van der Waals surface area contributed by atoms with Crippen molar-refractivity contribution in [2.45, 2.75) is 66.2 Å². The zero-order valence-corrected chi connectivity index (χ0v) is 10.8. The maximum atomic E-state index is 9.77. The van der Waals surface area contributed by atoms with E-state index in [-0.39, 0.29) is 17.6 Å². The third kappa shape index (κ3) is 3.58. The maximum Gasteiger partial charge on any atom is 0.0690 e. The molecule has 0 bridgehead atoms. The molecule has 0 spiro atoms. The van der Waals surface area contributed by atoms with Gasteiger partial charge in [-0.3, -0.25) is 4.90 Å². The molecule has 0 saturated carbocycles. The van der Waals surface area contributed by atoms with Gasteiger partial charge in [-0.2, -0.15) is 0 Å². The summed E-state index contributed by atoms with van der Waals surface area (Å²) in [7, 11) is 2.10. The van der Waals surface area contributed by atoms with Crippen molar-refractivity contribution < 1.29 is 5.11 Å². The Hall–Kier alpha value is -0.0800. The first kappa shape index (κ1) is 13.9. The van der Waals surface area contributed by atoms with Crippen LogP contribution in [0.5, 0.6) is 0 Å². The lowest BCUT2D eigenvalue weighted by Crippen LogP contribution is -2.48. The lowest BCUT2D eigenvalue weighted by molar-refractivity contribution is 0.0221. The number of nitrogens with zero attached hydrogens (tertiary/aromatic N) is 1. The van der Waals surface area contributed by atoms with E-state index in [0.29, 0.717) is 6.04 Å². The molecule has 1 N–H and O–H groups in total. The van der Waals surface area contributed by atoms with Gasteiger partial charge < -0.3 is 5.11 Å². The van der Waals surface area contributed by atoms with Crippen LogP contribution in [0.1, 0.15) is 48.0 Å². The number of hydrogen-bond donors (Lipinski definition) is 1. The fraction of sp³-hybridized carbons (Fsp3) is 1.00. The molecule has 0 aliphatic rings. The Kier molecular flexibility index (Phi) is 5.10. The third-order valence-electron chi connectivity index (χ3n) is 3.48. The predicted octanol–water partition coefficient (Wildman–Crippen LogP) is 2.51. The molecule has 0 aliphatic heterocycles. The van der Waals surface area contributed by atoms with Gasteiger partial charge in [-0.15, -0.1) is 0 Å². The molecule has 0 amide bonds. The average molecular weight is 201 g/mol. The standard InChI is InChI=1S/C12H27NO/c1-8-11(14)9(2)13(7)10(3)12(4,5)6/h9-11,14H,8H2,1-7H3. The van der Waals surface area contributed by atoms with Crippen molar-refractivity contribution in [2.24, 2.45) is 5.41 Å². The number of aliphatic hydroxyl groups excluding tert-OH is 1. The Balaban J connectivity index is 4.38. The first-order chi connectivity index (χ1) is 6.21. The van der Waals surface area contributed by atoms with E-state index in [9.17, 15) is 5.11 Å². The van der Waals surface area contributed by atoms with Gasteiger partial charge >= 0.3 is 0 Å². The summed E-state index contributed by atoms with van der Waals surface area (Å²) in [4.78, 5) is 2.27. The number of aliphatic hydroxyl groups is 1. The van der Waals surface area contributed by atoms with Crippen molar-refractivity contribution in [2.75, 3.05) is 7.05 Å². The van der Waals surface area contributed by atoms with Gasteiger partial charge in [0.05, 0.1) is 6.10 Å². The third-order valence-corrected chi connectivity index (χ3v) is 3.48. The van der Waals surface area contributed by atoms with E-state index in [1.807, 2.05) is 6.92 Å². The lowest BCUT2D eigenvalue weighted by Gasteiger charge is -2.40. The maximum absolute atomic E-state index is 9.77. The van der Waals surface area contributed by atoms with E-state index in [1.54, 1.807) is 0 Å². The molecular formula is C12H27NO. The van der Waals surface area contributed by atoms with Gasteiger partial charge in [-0.25, -0.2) is 0 Å². The van der Waals surface area contributed by atoms with Crippen LogP contribution in [0.15, 0.2) is 0 Å². The van der Waals surface area contributed by atoms with E-state index >= 15 is 0 Å². The van der Waals surface area contributed by atoms with Gasteiger partial charge in [0.25, 0.3) is 0 Å². The van der Waals surface area contributed by atoms with Gasteiger partial charge in [0.2, 0.25) is 0 Å². The van der Waals surface area contributed by atoms with Crippen LogP contribution in [0.2, 0.25) is 0 Å². The van der Waals surface area contributed by atoms with Gasteiger partial charge in [0, 0.05) is 12.1 Å². The second-order valence-electron chi connectivity index (χ2n) is 5.42. The summed E-state index contributed by atoms with van der Waals surface area (Å²) in [5, 5.41) is 9.77. The summed E-state index contributed by atoms with van der Waals surface area (Å²) < 4.78 is 0. The van der Waals surface area contributed by atoms with Crippen molar-refractivity contribution in [3.8, 4) is 0 Å². The Morgan fingerprint density at radius 3 is 1.93 bits per heavy atom. The van der Waals surface area contributed by atoms with E-state index < -0.39 is 0 Å². The van der Waals surface area contributed by atoms with Crippen LogP contribution in [0.3, 0.4) is 0 Å². The van der Waals surface area contributed by atoms with Crippen molar-refractivity contribution in [3.05, 3.63) is 0 Å². The van der Waals surface area contributed by atoms with Crippen LogP contribution >= 0.6 is 0 Å². The molecule has 3 unspecified atom stereocenters. The normalized spacial score (nSPS) is 19.5. The van der Waals surface area contributed by atoms with Crippen molar-refractivity contribution >= 4 is 0 Å². The van der Waals surface area contributed by atoms with Gasteiger partial charge in [0.1, 0.15) is 0 Å². The van der Waals surface area contributed by atoms with E-state index in [4.69, 9.17) is 0 Å². The van der Waals surface area contributed by atoms with Crippen molar-refractivity contribution in [1.29, 1.82) is 0 Å². The number of rotatable bonds is 4. The summed E-state index contributed by atoms with van der Waals surface area (Å²) in [5.74, 6) is 0. The average Bonchev–Trinajstić information content (AvgIpc) is 2.11. The highest BCUT2D eigenvalue weighted by atomic mass is 16.3. The zero-order chi connectivity index (χ0) is 11.5. The molecule has 0 aliphatic carbocycles. The first-order valence-electron chi connectivity index (χ1n) is 5.61. The van der Waals surface area contributed by atoms with Gasteiger partial charge in [0.15, 0.2) is 0 Å². The molecule has 2 heteroatoms. The fourth-order valence-electron chi connectivity index (χ4n) is 1.58. The van der Waals surface area contributed by atoms with E-state index in [1.165, 1.54) is 0 Å². The molecule has 0 aromatic heterocycles. The Bertz CT molecular complexity index is 162. The number of likely N-dealkylation sites (N-methyl/N-ethyl adjacent to an activating group) is 1. The highest BCUT2D eigenvalue weighted by Gasteiger charge is 2.28. The quantitative estimate of drug-likeness (QED) is 0.755. The van der Waals surface area contributed by atoms with E-state index in [2.05, 4.69) is 46.6 Å². The SMILES string of the molecule is CCC(O)C(C)N(C)C(C)C(C)(C)C. The van der Waals surface area contributed by atoms with Crippen LogP contribution in [0, 0.1) is 5.41 Å². The monoisotopic (exact) mass is 201 g/mol. The molecule has 0 fully saturated rings. The van der Waals surface area contributed by atoms with Crippen LogP contribution in [-0.2, 0) is 0 Å². The number of hydrogen-bond acceptors (Lipinski definition) is 2. The van der Waals surface area contributed by atoms with Gasteiger partial charge in [-0.1, -0.05) is 27.7 Å². The molecule has 14 heavy (non-hydrogen) atoms. The molecule has 0 rings (SSSR count). The van der Waals surface area contributed by atoms with Crippen LogP contribution in [-0.4, -0.2) is 35.2 Å². The van der Waals surface area contributed by atoms with Crippen molar-refractivity contribution in [1.82, 2.24) is 4.90 Å². The minimum Gasteiger partial charge on any atom is -0.392 e. The highest BCUT2D eigenvalue weighted by molar-refractivity contribution is 4.82. The highest BCUT2D eigenvalue weighted by Crippen LogP contribution is 2.25. The molecule has 0 radical (unpaired) electrons. The summed E-state index contributed by atoms with van der Waals surface area (Å²) in [6, 6.07) is 0.702. The Morgan fingerprint density at radius 1 is 1.21 bits per heavy atom. The lowest BCUT2D eigenvalue weighted by atomic mass is 9.86. The molecule has 0 heterocycles. The van der Waals surface area contributed by atoms with E-state index in [0.717, 1.165) is 6.42 Å². The minimum absolute atomic E-state index is 0.218.